The van der Waals surface area contributed by atoms with Crippen molar-refractivity contribution in [2.75, 3.05) is 5.75 Å². The SMILES string of the molecule is Cc1cc(-c2nc(SCC(=O)O)n[nH]2)cc(-c2ccc(O)cc2C)c1. The van der Waals surface area contributed by atoms with Gasteiger partial charge < -0.3 is 10.2 Å². The molecular formula is C18H17N3O3S. The van der Waals surface area contributed by atoms with E-state index in [2.05, 4.69) is 21.2 Å². The van der Waals surface area contributed by atoms with Crippen LogP contribution in [0.5, 0.6) is 5.75 Å². The highest BCUT2D eigenvalue weighted by Gasteiger charge is 2.11. The van der Waals surface area contributed by atoms with Gasteiger partial charge in [-0.2, -0.15) is 0 Å². The number of aliphatic carboxylic acids is 1. The minimum atomic E-state index is -0.906. The van der Waals surface area contributed by atoms with E-state index in [0.29, 0.717) is 11.0 Å². The third-order valence-electron chi connectivity index (χ3n) is 3.66. The summed E-state index contributed by atoms with van der Waals surface area (Å²) in [7, 11) is 0. The molecular weight excluding hydrogens is 338 g/mol. The fourth-order valence-corrected chi connectivity index (χ4v) is 3.13. The van der Waals surface area contributed by atoms with Gasteiger partial charge in [0.15, 0.2) is 5.82 Å². The van der Waals surface area contributed by atoms with Crippen molar-refractivity contribution in [3.8, 4) is 28.3 Å². The Morgan fingerprint density at radius 2 is 1.92 bits per heavy atom. The summed E-state index contributed by atoms with van der Waals surface area (Å²) in [4.78, 5) is 15.0. The second kappa shape index (κ2) is 6.98. The summed E-state index contributed by atoms with van der Waals surface area (Å²) in [6.45, 7) is 3.95. The van der Waals surface area contributed by atoms with E-state index in [-0.39, 0.29) is 11.5 Å². The molecule has 6 nitrogen and oxygen atoms in total. The third kappa shape index (κ3) is 4.00. The molecule has 0 saturated carbocycles. The number of phenolic OH excluding ortho intramolecular Hbond substituents is 1. The number of H-pyrrole nitrogens is 1. The molecule has 0 fully saturated rings. The number of nitrogens with one attached hydrogen (secondary N) is 1. The lowest BCUT2D eigenvalue weighted by atomic mass is 9.96. The number of phenols is 1. The van der Waals surface area contributed by atoms with Gasteiger partial charge in [-0.15, -0.1) is 5.10 Å². The number of hydrogen-bond donors (Lipinski definition) is 3. The highest BCUT2D eigenvalue weighted by molar-refractivity contribution is 7.99. The largest absolute Gasteiger partial charge is 0.508 e. The van der Waals surface area contributed by atoms with E-state index in [4.69, 9.17) is 5.11 Å². The first kappa shape index (κ1) is 17.0. The van der Waals surface area contributed by atoms with E-state index < -0.39 is 5.97 Å². The number of benzene rings is 2. The first-order valence-electron chi connectivity index (χ1n) is 7.61. The third-order valence-corrected chi connectivity index (χ3v) is 4.49. The van der Waals surface area contributed by atoms with Crippen molar-refractivity contribution in [1.82, 2.24) is 15.2 Å². The van der Waals surface area contributed by atoms with Gasteiger partial charge >= 0.3 is 5.97 Å². The van der Waals surface area contributed by atoms with E-state index in [9.17, 15) is 9.90 Å². The minimum Gasteiger partial charge on any atom is -0.508 e. The summed E-state index contributed by atoms with van der Waals surface area (Å²) in [5, 5.41) is 25.7. The van der Waals surface area contributed by atoms with Crippen molar-refractivity contribution >= 4 is 17.7 Å². The van der Waals surface area contributed by atoms with Gasteiger partial charge in [-0.3, -0.25) is 9.89 Å². The van der Waals surface area contributed by atoms with Crippen LogP contribution in [0.2, 0.25) is 0 Å². The second-order valence-electron chi connectivity index (χ2n) is 5.74. The zero-order valence-corrected chi connectivity index (χ0v) is 14.6. The number of nitrogens with zero attached hydrogens (tertiary/aromatic N) is 2. The van der Waals surface area contributed by atoms with Crippen LogP contribution in [0.15, 0.2) is 41.6 Å². The molecule has 0 spiro atoms. The van der Waals surface area contributed by atoms with E-state index in [0.717, 1.165) is 39.6 Å². The number of carboxylic acids is 1. The van der Waals surface area contributed by atoms with Crippen molar-refractivity contribution in [1.29, 1.82) is 0 Å². The number of aromatic nitrogens is 3. The van der Waals surface area contributed by atoms with Gasteiger partial charge in [0.25, 0.3) is 0 Å². The molecule has 3 N–H and O–H groups in total. The molecule has 0 saturated heterocycles. The monoisotopic (exact) mass is 355 g/mol. The van der Waals surface area contributed by atoms with E-state index >= 15 is 0 Å². The normalized spacial score (nSPS) is 10.8. The number of aromatic hydroxyl groups is 1. The Kier molecular flexibility index (Phi) is 4.76. The van der Waals surface area contributed by atoms with Crippen molar-refractivity contribution < 1.29 is 15.0 Å². The Balaban J connectivity index is 1.95. The van der Waals surface area contributed by atoms with Gasteiger partial charge in [-0.05, 0) is 60.4 Å². The molecule has 2 aromatic carbocycles. The van der Waals surface area contributed by atoms with Crippen LogP contribution in [0.3, 0.4) is 0 Å². The molecule has 25 heavy (non-hydrogen) atoms. The number of carbonyl (C=O) groups is 1. The lowest BCUT2D eigenvalue weighted by molar-refractivity contribution is -0.133. The van der Waals surface area contributed by atoms with E-state index in [1.54, 1.807) is 12.1 Å². The van der Waals surface area contributed by atoms with Crippen molar-refractivity contribution in [2.45, 2.75) is 19.0 Å². The fourth-order valence-electron chi connectivity index (χ4n) is 2.61. The van der Waals surface area contributed by atoms with Crippen LogP contribution in [-0.2, 0) is 4.79 Å². The summed E-state index contributed by atoms with van der Waals surface area (Å²) >= 11 is 1.07. The predicted octanol–water partition coefficient (Wildman–Crippen LogP) is 3.64. The number of hydrogen-bond acceptors (Lipinski definition) is 5. The van der Waals surface area contributed by atoms with Crippen LogP contribution in [0.4, 0.5) is 0 Å². The second-order valence-corrected chi connectivity index (χ2v) is 6.68. The quantitative estimate of drug-likeness (QED) is 0.604. The molecule has 1 heterocycles. The molecule has 0 atom stereocenters. The average molecular weight is 355 g/mol. The standard InChI is InChI=1S/C18H17N3O3S/c1-10-5-12(15-4-3-14(22)7-11(15)2)8-13(6-10)17-19-18(21-20-17)25-9-16(23)24/h3-8,22H,9H2,1-2H3,(H,23,24)(H,19,20,21). The molecule has 0 aliphatic rings. The van der Waals surface area contributed by atoms with Crippen molar-refractivity contribution in [2.24, 2.45) is 0 Å². The van der Waals surface area contributed by atoms with Crippen LogP contribution in [-0.4, -0.2) is 37.1 Å². The molecule has 128 valence electrons. The summed E-state index contributed by atoms with van der Waals surface area (Å²) in [5.74, 6) is -0.154. The maximum Gasteiger partial charge on any atom is 0.313 e. The molecule has 0 amide bonds. The van der Waals surface area contributed by atoms with Crippen molar-refractivity contribution in [3.63, 3.8) is 0 Å². The highest BCUT2D eigenvalue weighted by Crippen LogP contribution is 2.30. The summed E-state index contributed by atoms with van der Waals surface area (Å²) in [6.07, 6.45) is 0. The Morgan fingerprint density at radius 3 is 2.64 bits per heavy atom. The predicted molar refractivity (Wildman–Crippen MR) is 96.8 cm³/mol. The number of aromatic amines is 1. The number of rotatable bonds is 5. The molecule has 0 aliphatic heterocycles. The Hall–Kier alpha value is -2.80. The molecule has 3 aromatic rings. The van der Waals surface area contributed by atoms with Gasteiger partial charge in [-0.1, -0.05) is 23.9 Å². The molecule has 0 aliphatic carbocycles. The summed E-state index contributed by atoms with van der Waals surface area (Å²) < 4.78 is 0. The molecule has 0 unspecified atom stereocenters. The van der Waals surface area contributed by atoms with Gasteiger partial charge in [-0.25, -0.2) is 4.98 Å². The van der Waals surface area contributed by atoms with Gasteiger partial charge in [0.2, 0.25) is 5.16 Å². The zero-order chi connectivity index (χ0) is 18.0. The van der Waals surface area contributed by atoms with Gasteiger partial charge in [0.05, 0.1) is 5.75 Å². The minimum absolute atomic E-state index is 0.0803. The van der Waals surface area contributed by atoms with Crippen LogP contribution in [0.1, 0.15) is 11.1 Å². The Bertz CT molecular complexity index is 937. The van der Waals surface area contributed by atoms with E-state index in [1.807, 2.05) is 32.0 Å². The Labute approximate surface area is 148 Å². The Morgan fingerprint density at radius 1 is 1.16 bits per heavy atom. The van der Waals surface area contributed by atoms with Crippen LogP contribution in [0.25, 0.3) is 22.5 Å². The fraction of sp³-hybridized carbons (Fsp3) is 0.167. The highest BCUT2D eigenvalue weighted by atomic mass is 32.2. The topological polar surface area (TPSA) is 99.1 Å². The van der Waals surface area contributed by atoms with Gasteiger partial charge in [0.1, 0.15) is 5.75 Å². The first-order chi connectivity index (χ1) is 11.9. The molecule has 3 rings (SSSR count). The molecule has 0 bridgehead atoms. The van der Waals surface area contributed by atoms with Crippen molar-refractivity contribution in [3.05, 3.63) is 47.5 Å². The van der Waals surface area contributed by atoms with Crippen LogP contribution < -0.4 is 0 Å². The number of carboxylic acid groups (broad SMARTS) is 1. The molecule has 0 radical (unpaired) electrons. The molecule has 7 heteroatoms. The summed E-state index contributed by atoms with van der Waals surface area (Å²) in [6, 6.07) is 11.3. The van der Waals surface area contributed by atoms with Crippen LogP contribution >= 0.6 is 11.8 Å². The van der Waals surface area contributed by atoms with Gasteiger partial charge in [0, 0.05) is 5.56 Å². The van der Waals surface area contributed by atoms with Crippen LogP contribution in [0, 0.1) is 13.8 Å². The molecule has 1 aromatic heterocycles. The average Bonchev–Trinajstić information content (AvgIpc) is 3.01. The lowest BCUT2D eigenvalue weighted by Crippen LogP contribution is -1.97. The first-order valence-corrected chi connectivity index (χ1v) is 8.60. The number of aryl methyl sites for hydroxylation is 2. The lowest BCUT2D eigenvalue weighted by Gasteiger charge is -2.09. The van der Waals surface area contributed by atoms with E-state index in [1.165, 1.54) is 0 Å². The summed E-state index contributed by atoms with van der Waals surface area (Å²) in [5.41, 5.74) is 4.96. The maximum atomic E-state index is 10.6. The smallest absolute Gasteiger partial charge is 0.313 e. The maximum absolute atomic E-state index is 10.6. The number of thioether (sulfide) groups is 1. The zero-order valence-electron chi connectivity index (χ0n) is 13.8.